The number of hydrogen-bond donors (Lipinski definition) is 2. The molecule has 5 rings (SSSR count). The average molecular weight is 582 g/mol. The topological polar surface area (TPSA) is 92.8 Å². The van der Waals surface area contributed by atoms with Crippen molar-refractivity contribution in [3.63, 3.8) is 0 Å². The number of nitrogens with zero attached hydrogens (tertiary/aromatic N) is 1. The predicted molar refractivity (Wildman–Crippen MR) is 156 cm³/mol. The molecule has 0 fully saturated rings. The predicted octanol–water partition coefficient (Wildman–Crippen LogP) is 6.90. The molecule has 0 atom stereocenters. The zero-order valence-electron chi connectivity index (χ0n) is 21.2. The monoisotopic (exact) mass is 581 g/mol. The Bertz CT molecular complexity index is 1690. The molecule has 0 aliphatic rings. The van der Waals surface area contributed by atoms with Gasteiger partial charge in [0.05, 0.1) is 24.4 Å². The van der Waals surface area contributed by atoms with Gasteiger partial charge < -0.3 is 14.5 Å². The van der Waals surface area contributed by atoms with Crippen molar-refractivity contribution in [1.29, 1.82) is 0 Å². The number of carbonyl (C=O) groups excluding carboxylic acids is 2. The molecule has 1 heterocycles. The summed E-state index contributed by atoms with van der Waals surface area (Å²) in [6, 6.07) is 27.4. The zero-order chi connectivity index (χ0) is 27.4. The van der Waals surface area contributed by atoms with Crippen molar-refractivity contribution in [3.05, 3.63) is 118 Å². The third-order valence-corrected chi connectivity index (χ3v) is 6.82. The van der Waals surface area contributed by atoms with Gasteiger partial charge in [0.25, 0.3) is 5.91 Å². The standard InChI is InChI=1S/C31H24BrN3O4/c1-19-12-14-21(15-13-19)31(37)39-24-11-7-6-10-22(24)18-33-35-30(36)29-26(20-8-4-3-5-9-20)27-23(32)16-17-25(38-2)28(27)34-29/h3-18,34H,1-2H3,(H,35,36). The van der Waals surface area contributed by atoms with E-state index >= 15 is 0 Å². The molecule has 0 saturated carbocycles. The molecule has 4 aromatic carbocycles. The fraction of sp³-hybridized carbons (Fsp3) is 0.0645. The highest BCUT2D eigenvalue weighted by atomic mass is 79.9. The number of benzene rings is 4. The number of hydrogen-bond acceptors (Lipinski definition) is 5. The molecule has 0 unspecified atom stereocenters. The lowest BCUT2D eigenvalue weighted by atomic mass is 10.0. The lowest BCUT2D eigenvalue weighted by molar-refractivity contribution is 0.0734. The first-order valence-electron chi connectivity index (χ1n) is 12.1. The Morgan fingerprint density at radius 1 is 0.897 bits per heavy atom. The van der Waals surface area contributed by atoms with Crippen LogP contribution in [-0.4, -0.2) is 30.2 Å². The Morgan fingerprint density at radius 2 is 1.62 bits per heavy atom. The quantitative estimate of drug-likeness (QED) is 0.0946. The average Bonchev–Trinajstić information content (AvgIpc) is 3.37. The molecular formula is C31H24BrN3O4. The van der Waals surface area contributed by atoms with Crippen molar-refractivity contribution in [1.82, 2.24) is 10.4 Å². The van der Waals surface area contributed by atoms with Gasteiger partial charge in [-0.05, 0) is 48.9 Å². The van der Waals surface area contributed by atoms with Gasteiger partial charge in [0.2, 0.25) is 0 Å². The molecular weight excluding hydrogens is 558 g/mol. The SMILES string of the molecule is COc1ccc(Br)c2c(-c3ccccc3)c(C(=O)NN=Cc3ccccc3OC(=O)c3ccc(C)cc3)[nH]c12. The van der Waals surface area contributed by atoms with E-state index in [0.717, 1.165) is 26.5 Å². The Morgan fingerprint density at radius 3 is 2.36 bits per heavy atom. The number of amides is 1. The second-order valence-electron chi connectivity index (χ2n) is 8.73. The Labute approximate surface area is 233 Å². The van der Waals surface area contributed by atoms with E-state index in [1.165, 1.54) is 6.21 Å². The molecule has 0 radical (unpaired) electrons. The Hall–Kier alpha value is -4.69. The summed E-state index contributed by atoms with van der Waals surface area (Å²) >= 11 is 3.62. The van der Waals surface area contributed by atoms with Gasteiger partial charge in [0.1, 0.15) is 17.2 Å². The van der Waals surface area contributed by atoms with Crippen molar-refractivity contribution >= 4 is 44.9 Å². The largest absolute Gasteiger partial charge is 0.495 e. The summed E-state index contributed by atoms with van der Waals surface area (Å²) in [7, 11) is 1.58. The van der Waals surface area contributed by atoms with Crippen molar-refractivity contribution in [3.8, 4) is 22.6 Å². The number of methoxy groups -OCH3 is 1. The van der Waals surface area contributed by atoms with E-state index in [2.05, 4.69) is 31.4 Å². The van der Waals surface area contributed by atoms with Crippen LogP contribution in [0.3, 0.4) is 0 Å². The maximum absolute atomic E-state index is 13.4. The molecule has 0 spiro atoms. The number of rotatable bonds is 7. The number of fused-ring (bicyclic) bond motifs is 1. The molecule has 5 aromatic rings. The highest BCUT2D eigenvalue weighted by Crippen LogP contribution is 2.40. The number of ether oxygens (including phenoxy) is 2. The number of carbonyl (C=O) groups is 2. The summed E-state index contributed by atoms with van der Waals surface area (Å²) in [6.45, 7) is 1.95. The molecule has 0 saturated heterocycles. The molecule has 0 aliphatic carbocycles. The number of H-pyrrole nitrogens is 1. The highest BCUT2D eigenvalue weighted by Gasteiger charge is 2.23. The fourth-order valence-electron chi connectivity index (χ4n) is 4.22. The zero-order valence-corrected chi connectivity index (χ0v) is 22.8. The molecule has 39 heavy (non-hydrogen) atoms. The van der Waals surface area contributed by atoms with Gasteiger partial charge >= 0.3 is 5.97 Å². The van der Waals surface area contributed by atoms with Gasteiger partial charge in [-0.25, -0.2) is 10.2 Å². The van der Waals surface area contributed by atoms with Gasteiger partial charge in [-0.1, -0.05) is 76.1 Å². The number of aryl methyl sites for hydroxylation is 1. The lowest BCUT2D eigenvalue weighted by Crippen LogP contribution is -2.19. The number of halogens is 1. The molecule has 1 aromatic heterocycles. The number of aromatic nitrogens is 1. The van der Waals surface area contributed by atoms with Crippen LogP contribution in [0.2, 0.25) is 0 Å². The maximum atomic E-state index is 13.4. The van der Waals surface area contributed by atoms with Crippen LogP contribution in [0.4, 0.5) is 0 Å². The van der Waals surface area contributed by atoms with E-state index < -0.39 is 11.9 Å². The molecule has 8 heteroatoms. The smallest absolute Gasteiger partial charge is 0.343 e. The summed E-state index contributed by atoms with van der Waals surface area (Å²) in [5.74, 6) is 0.0111. The number of para-hydroxylation sites is 1. The molecule has 2 N–H and O–H groups in total. The number of hydrazone groups is 1. The Kier molecular flexibility index (Phi) is 7.56. The number of aromatic amines is 1. The van der Waals surface area contributed by atoms with Crippen molar-refractivity contribution in [2.75, 3.05) is 7.11 Å². The number of nitrogens with one attached hydrogen (secondary N) is 2. The summed E-state index contributed by atoms with van der Waals surface area (Å²) < 4.78 is 12.0. The maximum Gasteiger partial charge on any atom is 0.343 e. The van der Waals surface area contributed by atoms with E-state index in [9.17, 15) is 9.59 Å². The third-order valence-electron chi connectivity index (χ3n) is 6.15. The van der Waals surface area contributed by atoms with E-state index in [1.54, 1.807) is 43.5 Å². The minimum Gasteiger partial charge on any atom is -0.495 e. The van der Waals surface area contributed by atoms with Gasteiger partial charge in [-0.2, -0.15) is 5.10 Å². The normalized spacial score (nSPS) is 11.1. The van der Waals surface area contributed by atoms with Gasteiger partial charge in [-0.15, -0.1) is 0 Å². The van der Waals surface area contributed by atoms with Gasteiger partial charge in [0.15, 0.2) is 0 Å². The lowest BCUT2D eigenvalue weighted by Gasteiger charge is -2.08. The molecule has 194 valence electrons. The minimum atomic E-state index is -0.481. The Balaban J connectivity index is 1.43. The molecule has 0 bridgehead atoms. The van der Waals surface area contributed by atoms with Crippen molar-refractivity contribution < 1.29 is 19.1 Å². The highest BCUT2D eigenvalue weighted by molar-refractivity contribution is 9.10. The van der Waals surface area contributed by atoms with Crippen LogP contribution in [0, 0.1) is 6.92 Å². The molecule has 1 amide bonds. The van der Waals surface area contributed by atoms with Crippen LogP contribution in [0.25, 0.3) is 22.0 Å². The van der Waals surface area contributed by atoms with Crippen LogP contribution in [0.5, 0.6) is 11.5 Å². The first-order chi connectivity index (χ1) is 19.0. The van der Waals surface area contributed by atoms with Gasteiger partial charge in [-0.3, -0.25) is 4.79 Å². The second kappa shape index (κ2) is 11.4. The summed E-state index contributed by atoms with van der Waals surface area (Å²) in [5.41, 5.74) is 7.21. The summed E-state index contributed by atoms with van der Waals surface area (Å²) in [5, 5.41) is 4.98. The first-order valence-corrected chi connectivity index (χ1v) is 12.9. The van der Waals surface area contributed by atoms with Crippen LogP contribution in [0.1, 0.15) is 32.0 Å². The second-order valence-corrected chi connectivity index (χ2v) is 9.59. The van der Waals surface area contributed by atoms with Crippen LogP contribution >= 0.6 is 15.9 Å². The summed E-state index contributed by atoms with van der Waals surface area (Å²) in [6.07, 6.45) is 1.44. The number of esters is 1. The van der Waals surface area contributed by atoms with Crippen molar-refractivity contribution in [2.24, 2.45) is 5.10 Å². The molecule has 7 nitrogen and oxygen atoms in total. The summed E-state index contributed by atoms with van der Waals surface area (Å²) in [4.78, 5) is 29.2. The van der Waals surface area contributed by atoms with Crippen LogP contribution < -0.4 is 14.9 Å². The van der Waals surface area contributed by atoms with Crippen LogP contribution in [0.15, 0.2) is 101 Å². The molecule has 0 aliphatic heterocycles. The van der Waals surface area contributed by atoms with Crippen molar-refractivity contribution in [2.45, 2.75) is 6.92 Å². The third kappa shape index (κ3) is 5.46. The van der Waals surface area contributed by atoms with E-state index in [1.807, 2.05) is 61.5 Å². The first kappa shape index (κ1) is 25.9. The fourth-order valence-corrected chi connectivity index (χ4v) is 4.75. The van der Waals surface area contributed by atoms with E-state index in [-0.39, 0.29) is 0 Å². The van der Waals surface area contributed by atoms with Crippen LogP contribution in [-0.2, 0) is 0 Å². The van der Waals surface area contributed by atoms with E-state index in [4.69, 9.17) is 9.47 Å². The van der Waals surface area contributed by atoms with E-state index in [0.29, 0.717) is 33.8 Å². The minimum absolute atomic E-state index is 0.324. The van der Waals surface area contributed by atoms with Gasteiger partial charge in [0, 0.05) is 21.0 Å².